The number of carbonyl (C=O) groups is 1. The zero-order valence-electron chi connectivity index (χ0n) is 14.8. The van der Waals surface area contributed by atoms with Crippen molar-refractivity contribution in [3.8, 4) is 0 Å². The van der Waals surface area contributed by atoms with Crippen LogP contribution in [0.4, 0.5) is 24.8 Å². The zero-order chi connectivity index (χ0) is 20.1. The number of aromatic nitrogens is 3. The second kappa shape index (κ2) is 8.03. The van der Waals surface area contributed by atoms with E-state index in [1.165, 1.54) is 18.2 Å². The molecule has 28 heavy (non-hydrogen) atoms. The van der Waals surface area contributed by atoms with E-state index < -0.39 is 17.6 Å². The smallest absolute Gasteiger partial charge is 0.347 e. The highest BCUT2D eigenvalue weighted by Gasteiger charge is 2.30. The number of hydrogen-bond donors (Lipinski definition) is 2. The lowest BCUT2D eigenvalue weighted by molar-refractivity contribution is -0.137. The third-order valence-electron chi connectivity index (χ3n) is 3.71. The lowest BCUT2D eigenvalue weighted by Crippen LogP contribution is -2.24. The number of alkyl halides is 3. The minimum Gasteiger partial charge on any atom is -0.347 e. The Bertz CT molecular complexity index is 977. The SMILES string of the molecule is Cc1cc(C(=O)NCc2cccnc2)nc(Nc2cccc(C(F)(F)F)c2)n1. The topological polar surface area (TPSA) is 79.8 Å². The maximum absolute atomic E-state index is 12.8. The summed E-state index contributed by atoms with van der Waals surface area (Å²) in [4.78, 5) is 24.6. The Kier molecular flexibility index (Phi) is 5.53. The molecule has 1 amide bonds. The van der Waals surface area contributed by atoms with Crippen molar-refractivity contribution in [3.63, 3.8) is 0 Å². The van der Waals surface area contributed by atoms with Gasteiger partial charge in [-0.3, -0.25) is 9.78 Å². The molecule has 3 aromatic rings. The molecule has 0 fully saturated rings. The lowest BCUT2D eigenvalue weighted by Gasteiger charge is -2.11. The highest BCUT2D eigenvalue weighted by molar-refractivity contribution is 5.92. The predicted molar refractivity (Wildman–Crippen MR) is 96.9 cm³/mol. The molecule has 0 saturated carbocycles. The molecule has 0 radical (unpaired) electrons. The van der Waals surface area contributed by atoms with Crippen LogP contribution in [0.5, 0.6) is 0 Å². The van der Waals surface area contributed by atoms with Gasteiger partial charge >= 0.3 is 6.18 Å². The molecule has 0 aliphatic heterocycles. The number of anilines is 2. The Balaban J connectivity index is 1.75. The second-order valence-electron chi connectivity index (χ2n) is 5.97. The molecule has 9 heteroatoms. The molecular weight excluding hydrogens is 371 g/mol. The quantitative estimate of drug-likeness (QED) is 0.695. The van der Waals surface area contributed by atoms with Crippen LogP contribution < -0.4 is 10.6 Å². The Labute approximate surface area is 158 Å². The van der Waals surface area contributed by atoms with Gasteiger partial charge in [0.05, 0.1) is 5.56 Å². The van der Waals surface area contributed by atoms with Gasteiger partial charge in [0.1, 0.15) is 5.69 Å². The molecular formula is C19H16F3N5O. The van der Waals surface area contributed by atoms with E-state index in [1.807, 2.05) is 6.07 Å². The monoisotopic (exact) mass is 387 g/mol. The van der Waals surface area contributed by atoms with E-state index in [0.717, 1.165) is 17.7 Å². The number of benzene rings is 1. The fraction of sp³-hybridized carbons (Fsp3) is 0.158. The summed E-state index contributed by atoms with van der Waals surface area (Å²) in [6.45, 7) is 1.93. The highest BCUT2D eigenvalue weighted by Crippen LogP contribution is 2.31. The van der Waals surface area contributed by atoms with E-state index in [-0.39, 0.29) is 23.9 Å². The second-order valence-corrected chi connectivity index (χ2v) is 5.97. The fourth-order valence-corrected chi connectivity index (χ4v) is 2.42. The lowest BCUT2D eigenvalue weighted by atomic mass is 10.2. The van der Waals surface area contributed by atoms with Crippen LogP contribution in [0.3, 0.4) is 0 Å². The largest absolute Gasteiger partial charge is 0.416 e. The number of amides is 1. The summed E-state index contributed by atoms with van der Waals surface area (Å²) in [6.07, 6.45) is -1.19. The minimum atomic E-state index is -4.46. The van der Waals surface area contributed by atoms with E-state index in [4.69, 9.17) is 0 Å². The molecule has 2 aromatic heterocycles. The number of aryl methyl sites for hydroxylation is 1. The number of carbonyl (C=O) groups excluding carboxylic acids is 1. The van der Waals surface area contributed by atoms with Crippen LogP contribution >= 0.6 is 0 Å². The van der Waals surface area contributed by atoms with E-state index in [9.17, 15) is 18.0 Å². The first-order chi connectivity index (χ1) is 13.3. The normalized spacial score (nSPS) is 11.1. The van der Waals surface area contributed by atoms with Gasteiger partial charge < -0.3 is 10.6 Å². The average molecular weight is 387 g/mol. The molecule has 144 valence electrons. The number of hydrogen-bond acceptors (Lipinski definition) is 5. The van der Waals surface area contributed by atoms with E-state index in [0.29, 0.717) is 5.69 Å². The van der Waals surface area contributed by atoms with Gasteiger partial charge in [-0.1, -0.05) is 12.1 Å². The van der Waals surface area contributed by atoms with Crippen molar-refractivity contribution in [2.24, 2.45) is 0 Å². The molecule has 0 unspecified atom stereocenters. The van der Waals surface area contributed by atoms with Crippen molar-refractivity contribution in [2.75, 3.05) is 5.32 Å². The first-order valence-corrected chi connectivity index (χ1v) is 8.28. The number of nitrogens with zero attached hydrogens (tertiary/aromatic N) is 3. The van der Waals surface area contributed by atoms with Gasteiger partial charge in [0.25, 0.3) is 5.91 Å². The summed E-state index contributed by atoms with van der Waals surface area (Å²) in [6, 6.07) is 9.74. The Morgan fingerprint density at radius 2 is 1.93 bits per heavy atom. The average Bonchev–Trinajstić information content (AvgIpc) is 2.66. The van der Waals surface area contributed by atoms with Crippen LogP contribution in [-0.2, 0) is 12.7 Å². The molecule has 2 N–H and O–H groups in total. The fourth-order valence-electron chi connectivity index (χ4n) is 2.42. The minimum absolute atomic E-state index is 0.0332. The molecule has 3 rings (SSSR count). The summed E-state index contributed by atoms with van der Waals surface area (Å²) >= 11 is 0. The highest BCUT2D eigenvalue weighted by atomic mass is 19.4. The van der Waals surface area contributed by atoms with Gasteiger partial charge in [-0.05, 0) is 42.8 Å². The summed E-state index contributed by atoms with van der Waals surface area (Å²) in [5.41, 5.74) is 0.799. The molecule has 6 nitrogen and oxygen atoms in total. The predicted octanol–water partition coefficient (Wildman–Crippen LogP) is 3.87. The Morgan fingerprint density at radius 3 is 2.64 bits per heavy atom. The summed E-state index contributed by atoms with van der Waals surface area (Å²) in [5.74, 6) is -0.396. The molecule has 0 aliphatic carbocycles. The van der Waals surface area contributed by atoms with E-state index in [1.54, 1.807) is 25.4 Å². The maximum Gasteiger partial charge on any atom is 0.416 e. The van der Waals surface area contributed by atoms with Gasteiger partial charge in [-0.15, -0.1) is 0 Å². The summed E-state index contributed by atoms with van der Waals surface area (Å²) in [5, 5.41) is 5.43. The van der Waals surface area contributed by atoms with Crippen molar-refractivity contribution in [1.29, 1.82) is 0 Å². The van der Waals surface area contributed by atoms with Crippen LogP contribution in [0.1, 0.15) is 27.3 Å². The van der Waals surface area contributed by atoms with Gasteiger partial charge in [-0.2, -0.15) is 13.2 Å². The summed E-state index contributed by atoms with van der Waals surface area (Å²) in [7, 11) is 0. The van der Waals surface area contributed by atoms with Crippen molar-refractivity contribution >= 4 is 17.5 Å². The standard InChI is InChI=1S/C19H16F3N5O/c1-12-8-16(17(28)24-11-13-4-3-7-23-10-13)27-18(25-12)26-15-6-2-5-14(9-15)19(20,21)22/h2-10H,11H2,1H3,(H,24,28)(H,25,26,27). The van der Waals surface area contributed by atoms with Gasteiger partial charge in [0.2, 0.25) is 5.95 Å². The van der Waals surface area contributed by atoms with Crippen molar-refractivity contribution in [2.45, 2.75) is 19.6 Å². The molecule has 0 spiro atoms. The van der Waals surface area contributed by atoms with Crippen molar-refractivity contribution in [1.82, 2.24) is 20.3 Å². The number of rotatable bonds is 5. The van der Waals surface area contributed by atoms with Crippen LogP contribution in [-0.4, -0.2) is 20.9 Å². The number of pyridine rings is 1. The first-order valence-electron chi connectivity index (χ1n) is 8.28. The van der Waals surface area contributed by atoms with Crippen LogP contribution in [0, 0.1) is 6.92 Å². The van der Waals surface area contributed by atoms with Crippen LogP contribution in [0.2, 0.25) is 0 Å². The maximum atomic E-state index is 12.8. The third-order valence-corrected chi connectivity index (χ3v) is 3.71. The summed E-state index contributed by atoms with van der Waals surface area (Å²) < 4.78 is 38.5. The number of nitrogens with one attached hydrogen (secondary N) is 2. The van der Waals surface area contributed by atoms with Gasteiger partial charge in [0.15, 0.2) is 0 Å². The van der Waals surface area contributed by atoms with E-state index in [2.05, 4.69) is 25.6 Å². The molecule has 0 atom stereocenters. The van der Waals surface area contributed by atoms with Crippen LogP contribution in [0.15, 0.2) is 54.9 Å². The zero-order valence-corrected chi connectivity index (χ0v) is 14.8. The molecule has 2 heterocycles. The number of halogens is 3. The molecule has 1 aromatic carbocycles. The van der Waals surface area contributed by atoms with Crippen molar-refractivity contribution < 1.29 is 18.0 Å². The Hall–Kier alpha value is -3.49. The first kappa shape index (κ1) is 19.3. The van der Waals surface area contributed by atoms with Crippen LogP contribution in [0.25, 0.3) is 0 Å². The Morgan fingerprint density at radius 1 is 1.11 bits per heavy atom. The molecule has 0 bridgehead atoms. The van der Waals surface area contributed by atoms with E-state index >= 15 is 0 Å². The van der Waals surface area contributed by atoms with Gasteiger partial charge in [0, 0.05) is 30.3 Å². The third kappa shape index (κ3) is 5.03. The molecule has 0 saturated heterocycles. The molecule has 0 aliphatic rings. The van der Waals surface area contributed by atoms with Crippen molar-refractivity contribution in [3.05, 3.63) is 77.4 Å². The van der Waals surface area contributed by atoms with Gasteiger partial charge in [-0.25, -0.2) is 9.97 Å².